The molecule has 1 saturated carbocycles. The van der Waals surface area contributed by atoms with Crippen molar-refractivity contribution in [2.24, 2.45) is 0 Å². The molecule has 1 saturated heterocycles. The number of piperazine rings is 1. The summed E-state index contributed by atoms with van der Waals surface area (Å²) in [5, 5.41) is 20.2. The summed E-state index contributed by atoms with van der Waals surface area (Å²) in [5.74, 6) is 0.0383. The fourth-order valence-electron chi connectivity index (χ4n) is 3.98. The summed E-state index contributed by atoms with van der Waals surface area (Å²) in [4.78, 5) is 41.1. The predicted octanol–water partition coefficient (Wildman–Crippen LogP) is 0.845. The Hall–Kier alpha value is -3.46. The van der Waals surface area contributed by atoms with Crippen LogP contribution in [0.4, 0.5) is 15.4 Å². The van der Waals surface area contributed by atoms with Crippen LogP contribution in [-0.4, -0.2) is 85.8 Å². The number of nitrogens with one attached hydrogen (secondary N) is 1. The summed E-state index contributed by atoms with van der Waals surface area (Å²) in [6.45, 7) is 2.68. The first kappa shape index (κ1) is 19.8. The van der Waals surface area contributed by atoms with E-state index < -0.39 is 6.09 Å². The van der Waals surface area contributed by atoms with Gasteiger partial charge in [-0.15, -0.1) is 0 Å². The molecule has 2 fully saturated rings. The lowest BCUT2D eigenvalue weighted by molar-refractivity contribution is 0.156. The van der Waals surface area contributed by atoms with Crippen LogP contribution in [0.25, 0.3) is 11.2 Å². The molecule has 12 heteroatoms. The standard InChI is InChI=1S/C18H23N9O3/c1-24-6-8-25(9-7-24)18(30)26-11-20-14-15(26)21-13(10-19)22-16(14)27(23-17(28)29)12-4-2-3-5-12/h11-12,23H,2-9H2,1H3,(H,28,29). The van der Waals surface area contributed by atoms with E-state index in [1.807, 2.05) is 13.1 Å². The summed E-state index contributed by atoms with van der Waals surface area (Å²) in [7, 11) is 2.00. The third-order valence-electron chi connectivity index (χ3n) is 5.59. The monoisotopic (exact) mass is 413 g/mol. The highest BCUT2D eigenvalue weighted by Crippen LogP contribution is 2.30. The fourth-order valence-corrected chi connectivity index (χ4v) is 3.98. The predicted molar refractivity (Wildman–Crippen MR) is 106 cm³/mol. The van der Waals surface area contributed by atoms with Gasteiger partial charge < -0.3 is 14.9 Å². The first-order valence-electron chi connectivity index (χ1n) is 9.89. The highest BCUT2D eigenvalue weighted by atomic mass is 16.4. The number of likely N-dealkylation sites (N-methyl/N-ethyl adjacent to an activating group) is 1. The summed E-state index contributed by atoms with van der Waals surface area (Å²) in [6, 6.07) is 1.52. The Labute approximate surface area is 172 Å². The van der Waals surface area contributed by atoms with Crippen molar-refractivity contribution < 1.29 is 14.7 Å². The Morgan fingerprint density at radius 1 is 1.23 bits per heavy atom. The van der Waals surface area contributed by atoms with E-state index in [0.29, 0.717) is 13.1 Å². The number of hydrogen-bond donors (Lipinski definition) is 2. The minimum atomic E-state index is -1.24. The van der Waals surface area contributed by atoms with Crippen molar-refractivity contribution in [3.63, 3.8) is 0 Å². The average Bonchev–Trinajstić information content (AvgIpc) is 3.41. The molecule has 0 atom stereocenters. The highest BCUT2D eigenvalue weighted by molar-refractivity contribution is 5.92. The molecular formula is C18H23N9O3. The number of carbonyl (C=O) groups excluding carboxylic acids is 1. The van der Waals surface area contributed by atoms with Gasteiger partial charge in [0.25, 0.3) is 0 Å². The van der Waals surface area contributed by atoms with Gasteiger partial charge in [-0.2, -0.15) is 15.2 Å². The van der Waals surface area contributed by atoms with E-state index in [4.69, 9.17) is 0 Å². The topological polar surface area (TPSA) is 144 Å². The Bertz CT molecular complexity index is 1000. The van der Waals surface area contributed by atoms with E-state index in [1.165, 1.54) is 15.9 Å². The van der Waals surface area contributed by atoms with Crippen molar-refractivity contribution in [1.82, 2.24) is 34.7 Å². The number of amides is 2. The van der Waals surface area contributed by atoms with Crippen LogP contribution in [-0.2, 0) is 0 Å². The zero-order valence-electron chi connectivity index (χ0n) is 16.7. The molecule has 0 spiro atoms. The molecule has 4 rings (SSSR count). The molecule has 30 heavy (non-hydrogen) atoms. The molecule has 12 nitrogen and oxygen atoms in total. The van der Waals surface area contributed by atoms with Crippen molar-refractivity contribution in [3.05, 3.63) is 12.2 Å². The van der Waals surface area contributed by atoms with Gasteiger partial charge in [0, 0.05) is 26.2 Å². The van der Waals surface area contributed by atoms with Crippen LogP contribution in [0.5, 0.6) is 0 Å². The van der Waals surface area contributed by atoms with Crippen molar-refractivity contribution >= 4 is 29.1 Å². The van der Waals surface area contributed by atoms with Crippen LogP contribution >= 0.6 is 0 Å². The van der Waals surface area contributed by atoms with Crippen LogP contribution in [0.1, 0.15) is 31.5 Å². The number of hydrogen-bond acceptors (Lipinski definition) is 8. The summed E-state index contributed by atoms with van der Waals surface area (Å²) >= 11 is 0. The van der Waals surface area contributed by atoms with E-state index in [0.717, 1.165) is 38.8 Å². The lowest BCUT2D eigenvalue weighted by atomic mass is 10.2. The number of rotatable bonds is 3. The third-order valence-corrected chi connectivity index (χ3v) is 5.59. The van der Waals surface area contributed by atoms with Crippen LogP contribution < -0.4 is 10.4 Å². The Balaban J connectivity index is 1.76. The average molecular weight is 413 g/mol. The van der Waals surface area contributed by atoms with E-state index in [-0.39, 0.29) is 34.9 Å². The number of nitriles is 1. The van der Waals surface area contributed by atoms with Gasteiger partial charge in [-0.1, -0.05) is 12.8 Å². The molecule has 0 aromatic carbocycles. The van der Waals surface area contributed by atoms with Crippen molar-refractivity contribution in [2.75, 3.05) is 38.2 Å². The first-order chi connectivity index (χ1) is 14.5. The fraction of sp³-hybridized carbons (Fsp3) is 0.556. The summed E-state index contributed by atoms with van der Waals surface area (Å²) in [5.41, 5.74) is 2.85. The Morgan fingerprint density at radius 2 is 1.93 bits per heavy atom. The van der Waals surface area contributed by atoms with Gasteiger partial charge in [-0.3, -0.25) is 5.01 Å². The highest BCUT2D eigenvalue weighted by Gasteiger charge is 2.30. The van der Waals surface area contributed by atoms with Crippen LogP contribution in [0.3, 0.4) is 0 Å². The molecule has 2 N–H and O–H groups in total. The number of carboxylic acid groups (broad SMARTS) is 1. The van der Waals surface area contributed by atoms with E-state index in [9.17, 15) is 20.0 Å². The number of anilines is 1. The molecule has 2 aliphatic rings. The molecule has 158 valence electrons. The lowest BCUT2D eigenvalue weighted by Crippen LogP contribution is -2.48. The number of aromatic nitrogens is 4. The van der Waals surface area contributed by atoms with Gasteiger partial charge >= 0.3 is 12.1 Å². The zero-order chi connectivity index (χ0) is 21.3. The van der Waals surface area contributed by atoms with Gasteiger partial charge in [0.15, 0.2) is 17.0 Å². The zero-order valence-corrected chi connectivity index (χ0v) is 16.7. The second kappa shape index (κ2) is 8.11. The smallest absolute Gasteiger partial charge is 0.423 e. The molecule has 1 aliphatic carbocycles. The van der Waals surface area contributed by atoms with Gasteiger partial charge in [0.1, 0.15) is 12.4 Å². The molecule has 0 bridgehead atoms. The second-order valence-electron chi connectivity index (χ2n) is 7.57. The molecule has 0 radical (unpaired) electrons. The number of hydrazine groups is 1. The number of carbonyl (C=O) groups is 2. The molecule has 0 unspecified atom stereocenters. The third kappa shape index (κ3) is 3.71. The minimum Gasteiger partial charge on any atom is -0.464 e. The molecule has 2 aromatic heterocycles. The largest absolute Gasteiger partial charge is 0.464 e. The first-order valence-corrected chi connectivity index (χ1v) is 9.89. The summed E-state index contributed by atoms with van der Waals surface area (Å²) < 4.78 is 1.31. The van der Waals surface area contributed by atoms with Crippen molar-refractivity contribution in [2.45, 2.75) is 31.7 Å². The SMILES string of the molecule is CN1CCN(C(=O)n2cnc3c(N(NC(=O)O)C4CCCC4)nc(C#N)nc32)CC1. The van der Waals surface area contributed by atoms with E-state index >= 15 is 0 Å². The number of imidazole rings is 1. The Morgan fingerprint density at radius 3 is 2.57 bits per heavy atom. The maximum atomic E-state index is 13.1. The van der Waals surface area contributed by atoms with Crippen LogP contribution in [0.2, 0.25) is 0 Å². The van der Waals surface area contributed by atoms with Crippen LogP contribution in [0, 0.1) is 11.3 Å². The van der Waals surface area contributed by atoms with E-state index in [1.54, 1.807) is 4.90 Å². The molecule has 3 heterocycles. The van der Waals surface area contributed by atoms with Gasteiger partial charge in [-0.25, -0.2) is 24.6 Å². The maximum absolute atomic E-state index is 13.1. The second-order valence-corrected chi connectivity index (χ2v) is 7.57. The molecular weight excluding hydrogens is 390 g/mol. The normalized spacial score (nSPS) is 17.8. The summed E-state index contributed by atoms with van der Waals surface area (Å²) in [6.07, 6.45) is 3.64. The van der Waals surface area contributed by atoms with Crippen molar-refractivity contribution in [3.8, 4) is 6.07 Å². The van der Waals surface area contributed by atoms with Crippen LogP contribution in [0.15, 0.2) is 6.33 Å². The maximum Gasteiger partial charge on any atom is 0.423 e. The van der Waals surface area contributed by atoms with E-state index in [2.05, 4.69) is 25.3 Å². The van der Waals surface area contributed by atoms with Gasteiger partial charge in [0.05, 0.1) is 6.04 Å². The quantitative estimate of drug-likeness (QED) is 0.700. The minimum absolute atomic E-state index is 0.107. The Kier molecular flexibility index (Phi) is 5.37. The molecule has 2 aromatic rings. The molecule has 2 amide bonds. The molecule has 1 aliphatic heterocycles. The number of fused-ring (bicyclic) bond motifs is 1. The number of nitrogens with zero attached hydrogens (tertiary/aromatic N) is 8. The van der Waals surface area contributed by atoms with Crippen molar-refractivity contribution in [1.29, 1.82) is 5.26 Å². The lowest BCUT2D eigenvalue weighted by Gasteiger charge is -2.32. The van der Waals surface area contributed by atoms with Gasteiger partial charge in [-0.05, 0) is 19.9 Å². The van der Waals surface area contributed by atoms with Gasteiger partial charge in [0.2, 0.25) is 5.82 Å².